The Bertz CT molecular complexity index is 434. The van der Waals surface area contributed by atoms with E-state index in [4.69, 9.17) is 9.84 Å². The molecule has 2 rings (SSSR count). The van der Waals surface area contributed by atoms with E-state index < -0.39 is 5.97 Å². The molecule has 1 N–H and O–H groups in total. The minimum atomic E-state index is -0.974. The zero-order valence-electron chi connectivity index (χ0n) is 11.2. The van der Waals surface area contributed by atoms with Crippen molar-refractivity contribution in [3.8, 4) is 0 Å². The molecule has 5 nitrogen and oxygen atoms in total. The van der Waals surface area contributed by atoms with Crippen molar-refractivity contribution in [2.24, 2.45) is 5.92 Å². The van der Waals surface area contributed by atoms with Crippen LogP contribution in [0.1, 0.15) is 29.0 Å². The van der Waals surface area contributed by atoms with Crippen molar-refractivity contribution >= 4 is 5.97 Å². The Morgan fingerprint density at radius 3 is 3.16 bits per heavy atom. The molecule has 0 spiro atoms. The lowest BCUT2D eigenvalue weighted by Crippen LogP contribution is -2.36. The first-order valence-electron chi connectivity index (χ1n) is 6.59. The van der Waals surface area contributed by atoms with Crippen molar-refractivity contribution in [2.45, 2.75) is 19.4 Å². The lowest BCUT2D eigenvalue weighted by atomic mass is 9.99. The van der Waals surface area contributed by atoms with Gasteiger partial charge < -0.3 is 9.84 Å². The Morgan fingerprint density at radius 1 is 1.58 bits per heavy atom. The molecule has 1 saturated heterocycles. The van der Waals surface area contributed by atoms with Crippen LogP contribution in [0, 0.1) is 5.92 Å². The zero-order chi connectivity index (χ0) is 13.7. The number of likely N-dealkylation sites (tertiary alicyclic amines) is 1. The molecule has 1 aromatic heterocycles. The SMILES string of the molecule is COCC1CCCN(Cc2cccc(C(=O)O)n2)C1. The van der Waals surface area contributed by atoms with Crippen molar-refractivity contribution in [1.29, 1.82) is 0 Å². The van der Waals surface area contributed by atoms with Crippen LogP contribution in [0.25, 0.3) is 0 Å². The van der Waals surface area contributed by atoms with Crippen LogP contribution in [-0.4, -0.2) is 47.8 Å². The van der Waals surface area contributed by atoms with E-state index in [0.29, 0.717) is 12.5 Å². The first-order valence-corrected chi connectivity index (χ1v) is 6.59. The topological polar surface area (TPSA) is 62.7 Å². The van der Waals surface area contributed by atoms with Crippen LogP contribution in [0.2, 0.25) is 0 Å². The lowest BCUT2D eigenvalue weighted by Gasteiger charge is -2.32. The van der Waals surface area contributed by atoms with Gasteiger partial charge in [0.1, 0.15) is 5.69 Å². The van der Waals surface area contributed by atoms with Gasteiger partial charge in [-0.05, 0) is 37.4 Å². The van der Waals surface area contributed by atoms with Crippen LogP contribution in [0.4, 0.5) is 0 Å². The molecule has 0 aromatic carbocycles. The summed E-state index contributed by atoms with van der Waals surface area (Å²) in [5, 5.41) is 8.93. The molecule has 1 aliphatic rings. The maximum Gasteiger partial charge on any atom is 0.354 e. The van der Waals surface area contributed by atoms with Crippen LogP contribution in [-0.2, 0) is 11.3 Å². The van der Waals surface area contributed by atoms with Gasteiger partial charge in [-0.15, -0.1) is 0 Å². The van der Waals surface area contributed by atoms with Crippen LogP contribution in [0.3, 0.4) is 0 Å². The number of aromatic nitrogens is 1. The molecule has 2 heterocycles. The molecule has 104 valence electrons. The molecule has 0 saturated carbocycles. The lowest BCUT2D eigenvalue weighted by molar-refractivity contribution is 0.0689. The van der Waals surface area contributed by atoms with Crippen LogP contribution >= 0.6 is 0 Å². The molecule has 1 atom stereocenters. The van der Waals surface area contributed by atoms with Crippen LogP contribution in [0.5, 0.6) is 0 Å². The second-order valence-corrected chi connectivity index (χ2v) is 5.02. The van der Waals surface area contributed by atoms with E-state index in [-0.39, 0.29) is 5.69 Å². The summed E-state index contributed by atoms with van der Waals surface area (Å²) in [5.41, 5.74) is 0.931. The maximum atomic E-state index is 10.9. The van der Waals surface area contributed by atoms with E-state index in [0.717, 1.165) is 31.8 Å². The highest BCUT2D eigenvalue weighted by molar-refractivity contribution is 5.85. The number of aromatic carboxylic acids is 1. The van der Waals surface area contributed by atoms with Gasteiger partial charge in [-0.1, -0.05) is 6.07 Å². The fraction of sp³-hybridized carbons (Fsp3) is 0.571. The van der Waals surface area contributed by atoms with Crippen molar-refractivity contribution in [3.05, 3.63) is 29.6 Å². The van der Waals surface area contributed by atoms with E-state index in [2.05, 4.69) is 9.88 Å². The highest BCUT2D eigenvalue weighted by Gasteiger charge is 2.20. The number of carboxylic acid groups (broad SMARTS) is 1. The smallest absolute Gasteiger partial charge is 0.354 e. The fourth-order valence-corrected chi connectivity index (χ4v) is 2.58. The predicted octanol–water partition coefficient (Wildman–Crippen LogP) is 1.64. The highest BCUT2D eigenvalue weighted by Crippen LogP contribution is 2.18. The Balaban J connectivity index is 1.96. The fourth-order valence-electron chi connectivity index (χ4n) is 2.58. The number of carboxylic acids is 1. The largest absolute Gasteiger partial charge is 0.477 e. The number of hydrogen-bond acceptors (Lipinski definition) is 4. The summed E-state index contributed by atoms with van der Waals surface area (Å²) in [7, 11) is 1.73. The summed E-state index contributed by atoms with van der Waals surface area (Å²) in [5.74, 6) is -0.404. The molecule has 1 fully saturated rings. The Kier molecular flexibility index (Phi) is 4.87. The minimum absolute atomic E-state index is 0.114. The Hall–Kier alpha value is -1.46. The minimum Gasteiger partial charge on any atom is -0.477 e. The summed E-state index contributed by atoms with van der Waals surface area (Å²) in [6, 6.07) is 5.16. The van der Waals surface area contributed by atoms with Gasteiger partial charge in [0.05, 0.1) is 12.3 Å². The van der Waals surface area contributed by atoms with E-state index in [1.807, 2.05) is 6.07 Å². The molecule has 5 heteroatoms. The van der Waals surface area contributed by atoms with E-state index in [1.165, 1.54) is 12.5 Å². The molecular formula is C14H20N2O3. The average Bonchev–Trinajstić information content (AvgIpc) is 2.40. The molecule has 0 radical (unpaired) electrons. The molecule has 0 aliphatic carbocycles. The van der Waals surface area contributed by atoms with Gasteiger partial charge in [0.2, 0.25) is 0 Å². The van der Waals surface area contributed by atoms with Gasteiger partial charge in [-0.2, -0.15) is 0 Å². The standard InChI is InChI=1S/C14H20N2O3/c1-19-10-11-4-3-7-16(8-11)9-12-5-2-6-13(15-12)14(17)18/h2,5-6,11H,3-4,7-10H2,1H3,(H,17,18). The molecule has 19 heavy (non-hydrogen) atoms. The number of nitrogens with zero attached hydrogens (tertiary/aromatic N) is 2. The number of pyridine rings is 1. The summed E-state index contributed by atoms with van der Waals surface area (Å²) in [6.07, 6.45) is 2.36. The number of hydrogen-bond donors (Lipinski definition) is 1. The summed E-state index contributed by atoms with van der Waals surface area (Å²) >= 11 is 0. The Morgan fingerprint density at radius 2 is 2.42 bits per heavy atom. The number of methoxy groups -OCH3 is 1. The zero-order valence-corrected chi connectivity index (χ0v) is 11.2. The third-order valence-electron chi connectivity index (χ3n) is 3.42. The summed E-state index contributed by atoms with van der Waals surface area (Å²) in [6.45, 7) is 3.53. The summed E-state index contributed by atoms with van der Waals surface area (Å²) < 4.78 is 5.21. The van der Waals surface area contributed by atoms with Crippen molar-refractivity contribution < 1.29 is 14.6 Å². The maximum absolute atomic E-state index is 10.9. The average molecular weight is 264 g/mol. The Labute approximate surface area is 113 Å². The van der Waals surface area contributed by atoms with E-state index >= 15 is 0 Å². The van der Waals surface area contributed by atoms with Crippen molar-refractivity contribution in [3.63, 3.8) is 0 Å². The van der Waals surface area contributed by atoms with Crippen molar-refractivity contribution in [1.82, 2.24) is 9.88 Å². The third-order valence-corrected chi connectivity index (χ3v) is 3.42. The molecule has 1 aliphatic heterocycles. The summed E-state index contributed by atoms with van der Waals surface area (Å²) in [4.78, 5) is 17.4. The van der Waals surface area contributed by atoms with Gasteiger partial charge in [0.25, 0.3) is 0 Å². The predicted molar refractivity (Wildman–Crippen MR) is 71.1 cm³/mol. The second kappa shape index (κ2) is 6.63. The second-order valence-electron chi connectivity index (χ2n) is 5.02. The van der Waals surface area contributed by atoms with Crippen molar-refractivity contribution in [2.75, 3.05) is 26.8 Å². The first kappa shape index (κ1) is 14.0. The number of ether oxygens (including phenoxy) is 1. The highest BCUT2D eigenvalue weighted by atomic mass is 16.5. The van der Waals surface area contributed by atoms with Gasteiger partial charge in [-0.25, -0.2) is 9.78 Å². The quantitative estimate of drug-likeness (QED) is 0.876. The third kappa shape index (κ3) is 4.01. The monoisotopic (exact) mass is 264 g/mol. The number of carbonyl (C=O) groups is 1. The molecule has 0 amide bonds. The van der Waals surface area contributed by atoms with Gasteiger partial charge in [-0.3, -0.25) is 4.90 Å². The van der Waals surface area contributed by atoms with Crippen LogP contribution in [0.15, 0.2) is 18.2 Å². The van der Waals surface area contributed by atoms with E-state index in [1.54, 1.807) is 13.2 Å². The molecule has 0 bridgehead atoms. The van der Waals surface area contributed by atoms with Gasteiger partial charge in [0.15, 0.2) is 0 Å². The van der Waals surface area contributed by atoms with Crippen LogP contribution < -0.4 is 0 Å². The molecular weight excluding hydrogens is 244 g/mol. The van der Waals surface area contributed by atoms with Gasteiger partial charge in [0, 0.05) is 20.2 Å². The number of rotatable bonds is 5. The van der Waals surface area contributed by atoms with E-state index in [9.17, 15) is 4.79 Å². The first-order chi connectivity index (χ1) is 9.19. The molecule has 1 aromatic rings. The van der Waals surface area contributed by atoms with Gasteiger partial charge >= 0.3 is 5.97 Å². The molecule has 1 unspecified atom stereocenters. The normalized spacial score (nSPS) is 20.4. The number of piperidine rings is 1.